The third-order valence-corrected chi connectivity index (χ3v) is 13.6. The predicted molar refractivity (Wildman–Crippen MR) is 135 cm³/mol. The number of carboxylic acid groups (broad SMARTS) is 1. The first-order valence-corrected chi connectivity index (χ1v) is 16.4. The Balaban J connectivity index is 3.64. The number of carbonyl (C=O) groups is 2. The molecule has 0 saturated heterocycles. The molecule has 0 fully saturated rings. The van der Waals surface area contributed by atoms with Crippen molar-refractivity contribution in [1.29, 1.82) is 0 Å². The minimum atomic E-state index is -4.69. The summed E-state index contributed by atoms with van der Waals surface area (Å²) in [6.07, 6.45) is 11.0. The van der Waals surface area contributed by atoms with Gasteiger partial charge in [-0.3, -0.25) is 0 Å². The fraction of sp³-hybridized carbons (Fsp3) is 0.667. The van der Waals surface area contributed by atoms with Crippen LogP contribution in [-0.2, 0) is 14.6 Å². The van der Waals surface area contributed by atoms with Crippen molar-refractivity contribution in [3.63, 3.8) is 0 Å². The first kappa shape index (κ1) is 29.5. The van der Waals surface area contributed by atoms with Crippen LogP contribution in [0.1, 0.15) is 99.8 Å². The molecule has 0 atom stereocenters. The molecule has 9 heteroatoms. The quantitative estimate of drug-likeness (QED) is 0.196. The number of unbranched alkanes of at least 4 members (excludes halogenated alkanes) is 4. The summed E-state index contributed by atoms with van der Waals surface area (Å²) in [6.45, 7) is 5.46. The van der Waals surface area contributed by atoms with Crippen LogP contribution >= 0.6 is 6.83 Å². The van der Waals surface area contributed by atoms with Gasteiger partial charge in [-0.05, 0) is 0 Å². The van der Waals surface area contributed by atoms with E-state index in [1.165, 1.54) is 0 Å². The van der Waals surface area contributed by atoms with Crippen LogP contribution in [0.5, 0.6) is 0 Å². The number of hydrogen-bond donors (Lipinski definition) is 2. The van der Waals surface area contributed by atoms with Gasteiger partial charge in [0.1, 0.15) is 0 Å². The summed E-state index contributed by atoms with van der Waals surface area (Å²) in [5.41, 5.74) is -0.542. The van der Waals surface area contributed by atoms with Crippen LogP contribution in [0.25, 0.3) is 0 Å². The zero-order valence-corrected chi connectivity index (χ0v) is 22.2. The van der Waals surface area contributed by atoms with Gasteiger partial charge in [-0.2, -0.15) is 0 Å². The van der Waals surface area contributed by atoms with Gasteiger partial charge in [0.05, 0.1) is 0 Å². The molecule has 0 unspecified atom stereocenters. The van der Waals surface area contributed by atoms with E-state index in [2.05, 4.69) is 27.7 Å². The molecule has 33 heavy (non-hydrogen) atoms. The van der Waals surface area contributed by atoms with E-state index in [1.807, 2.05) is 0 Å². The van der Waals surface area contributed by atoms with Crippen molar-refractivity contribution in [1.82, 2.24) is 0 Å². The molecular weight excluding hydrogens is 463 g/mol. The number of carboxylic acids is 1. The maximum atomic E-state index is 13.5. The van der Waals surface area contributed by atoms with E-state index in [0.29, 0.717) is 0 Å². The van der Waals surface area contributed by atoms with E-state index < -0.39 is 33.8 Å². The third-order valence-electron chi connectivity index (χ3n) is 6.34. The molecule has 0 aliphatic rings. The van der Waals surface area contributed by atoms with E-state index in [4.69, 9.17) is 4.52 Å². The molecule has 0 aromatic heterocycles. The molecule has 0 heterocycles. The molecule has 0 radical (unpaired) electrons. The number of hydrogen-bond acceptors (Lipinski definition) is 5. The Morgan fingerprint density at radius 3 is 1.52 bits per heavy atom. The summed E-state index contributed by atoms with van der Waals surface area (Å²) in [5, 5.41) is 9.41. The van der Waals surface area contributed by atoms with Gasteiger partial charge in [-0.25, -0.2) is 0 Å². The van der Waals surface area contributed by atoms with Crippen molar-refractivity contribution in [2.24, 2.45) is 0 Å². The maximum absolute atomic E-state index is 13.5. The van der Waals surface area contributed by atoms with E-state index >= 15 is 0 Å². The van der Waals surface area contributed by atoms with Crippen LogP contribution in [0.2, 0.25) is 0 Å². The summed E-state index contributed by atoms with van der Waals surface area (Å²) < 4.78 is 39.5. The predicted octanol–water partition coefficient (Wildman–Crippen LogP) is 6.46. The van der Waals surface area contributed by atoms with Gasteiger partial charge in [-0.1, -0.05) is 0 Å². The van der Waals surface area contributed by atoms with Crippen LogP contribution in [0.15, 0.2) is 23.1 Å². The first-order chi connectivity index (χ1) is 15.5. The molecule has 0 bridgehead atoms. The van der Waals surface area contributed by atoms with E-state index in [1.54, 1.807) is 0 Å². The van der Waals surface area contributed by atoms with Gasteiger partial charge >= 0.3 is 199 Å². The van der Waals surface area contributed by atoms with Crippen molar-refractivity contribution >= 4 is 28.9 Å². The summed E-state index contributed by atoms with van der Waals surface area (Å²) in [6, 6.07) is 2.98. The van der Waals surface area contributed by atoms with Crippen molar-refractivity contribution in [2.45, 2.75) is 84.0 Å². The van der Waals surface area contributed by atoms with Gasteiger partial charge < -0.3 is 0 Å². The summed E-state index contributed by atoms with van der Waals surface area (Å²) in [5.74, 6) is -2.08. The van der Waals surface area contributed by atoms with Gasteiger partial charge in [0, 0.05) is 0 Å². The molecule has 0 aliphatic heterocycles. The normalized spacial score (nSPS) is 13.3. The number of carbonyl (C=O) groups excluding carboxylic acids is 1. The monoisotopic (exact) mass is 504 g/mol. The van der Waals surface area contributed by atoms with Crippen molar-refractivity contribution in [3.05, 3.63) is 29.3 Å². The second kappa shape index (κ2) is 12.8. The average molecular weight is 505 g/mol. The molecule has 0 amide bonds. The third kappa shape index (κ3) is 8.34. The second-order valence-corrected chi connectivity index (χ2v) is 16.2. The van der Waals surface area contributed by atoms with E-state index in [0.717, 1.165) is 94.2 Å². The Labute approximate surface area is 199 Å². The molecule has 0 saturated carbocycles. The van der Waals surface area contributed by atoms with Crippen LogP contribution < -0.4 is 0 Å². The standard InChI is InChI=1S/C24H41O7PS/c1-5-9-13-32(14-10-6-2,15-11-7-3,16-12-8-4)31-24(27)21-17-20(23(25)26)18-22(19-21)33(28,29)30/h17-19H,5-16H2,1-4H3,(H,25,26)(H,28,29,30). The Morgan fingerprint density at radius 2 is 1.18 bits per heavy atom. The van der Waals surface area contributed by atoms with Crippen molar-refractivity contribution < 1.29 is 32.2 Å². The summed E-state index contributed by atoms with van der Waals surface area (Å²) in [4.78, 5) is 24.4. The van der Waals surface area contributed by atoms with Crippen molar-refractivity contribution in [2.75, 3.05) is 24.6 Å². The van der Waals surface area contributed by atoms with Crippen molar-refractivity contribution in [3.8, 4) is 0 Å². The number of benzene rings is 1. The van der Waals surface area contributed by atoms with Gasteiger partial charge in [0.2, 0.25) is 0 Å². The molecule has 1 aromatic carbocycles. The Hall–Kier alpha value is -1.50. The zero-order chi connectivity index (χ0) is 25.1. The molecular formula is C24H41O7PS. The van der Waals surface area contributed by atoms with Gasteiger partial charge in [0.15, 0.2) is 0 Å². The van der Waals surface area contributed by atoms with E-state index in [9.17, 15) is 27.7 Å². The average Bonchev–Trinajstić information content (AvgIpc) is 2.78. The summed E-state index contributed by atoms with van der Waals surface area (Å²) >= 11 is 0. The fourth-order valence-corrected chi connectivity index (χ4v) is 11.7. The first-order valence-electron chi connectivity index (χ1n) is 12.1. The molecule has 1 aromatic rings. The Kier molecular flexibility index (Phi) is 11.5. The Bertz CT molecular complexity index is 868. The fourth-order valence-electron chi connectivity index (χ4n) is 4.36. The van der Waals surface area contributed by atoms with Crippen LogP contribution in [0.3, 0.4) is 0 Å². The van der Waals surface area contributed by atoms with E-state index in [-0.39, 0.29) is 11.1 Å². The molecule has 0 aliphatic carbocycles. The minimum absolute atomic E-state index is 0.155. The molecule has 7 nitrogen and oxygen atoms in total. The zero-order valence-electron chi connectivity index (χ0n) is 20.5. The Morgan fingerprint density at radius 1 is 0.788 bits per heavy atom. The molecule has 190 valence electrons. The number of rotatable bonds is 16. The summed E-state index contributed by atoms with van der Waals surface area (Å²) in [7, 11) is -4.69. The molecule has 0 spiro atoms. The second-order valence-electron chi connectivity index (χ2n) is 9.07. The van der Waals surface area contributed by atoms with Crippen LogP contribution in [0, 0.1) is 0 Å². The molecule has 1 rings (SSSR count). The van der Waals surface area contributed by atoms with Gasteiger partial charge in [-0.15, -0.1) is 0 Å². The van der Waals surface area contributed by atoms with Gasteiger partial charge in [0.25, 0.3) is 0 Å². The molecule has 2 N–H and O–H groups in total. The van der Waals surface area contributed by atoms with Crippen LogP contribution in [-0.4, -0.2) is 54.7 Å². The SMILES string of the molecule is CCCCP(CCCC)(CCCC)(CCCC)OC(=O)c1cc(C(=O)O)cc(S(=O)(=O)O)c1. The number of aromatic carboxylic acids is 1. The topological polar surface area (TPSA) is 118 Å². The van der Waals surface area contributed by atoms with Crippen LogP contribution in [0.4, 0.5) is 0 Å².